The van der Waals surface area contributed by atoms with E-state index in [2.05, 4.69) is 31.1 Å². The minimum Gasteiger partial charge on any atom is -0.322 e. The van der Waals surface area contributed by atoms with Crippen LogP contribution < -0.4 is 5.32 Å². The quantitative estimate of drug-likeness (QED) is 0.561. The molecule has 0 spiro atoms. The molecule has 0 aliphatic rings. The van der Waals surface area contributed by atoms with E-state index in [1.54, 1.807) is 18.2 Å². The van der Waals surface area contributed by atoms with Crippen molar-refractivity contribution in [3.8, 4) is 11.3 Å². The minimum atomic E-state index is -4.42. The molecule has 150 valence electrons. The first-order chi connectivity index (χ1) is 13.5. The number of amides is 1. The first-order valence-corrected chi connectivity index (χ1v) is 9.09. The van der Waals surface area contributed by atoms with Crippen molar-refractivity contribution in [2.45, 2.75) is 32.4 Å². The van der Waals surface area contributed by atoms with Gasteiger partial charge in [-0.1, -0.05) is 45.0 Å². The number of pyridine rings is 1. The Hall–Kier alpha value is -3.15. The van der Waals surface area contributed by atoms with E-state index in [4.69, 9.17) is 0 Å². The highest BCUT2D eigenvalue weighted by atomic mass is 19.4. The molecule has 1 amide bonds. The van der Waals surface area contributed by atoms with Gasteiger partial charge in [-0.15, -0.1) is 0 Å². The molecule has 1 N–H and O–H groups in total. The Morgan fingerprint density at radius 1 is 0.897 bits per heavy atom. The van der Waals surface area contributed by atoms with Gasteiger partial charge in [0.25, 0.3) is 5.91 Å². The molecule has 0 aliphatic heterocycles. The van der Waals surface area contributed by atoms with Crippen LogP contribution in [0.25, 0.3) is 11.3 Å². The maximum Gasteiger partial charge on any atom is 0.416 e. The second kappa shape index (κ2) is 7.70. The minimum absolute atomic E-state index is 0.0467. The number of benzene rings is 2. The van der Waals surface area contributed by atoms with Gasteiger partial charge >= 0.3 is 6.18 Å². The maximum absolute atomic E-state index is 12.9. The van der Waals surface area contributed by atoms with Gasteiger partial charge in [0, 0.05) is 17.4 Å². The van der Waals surface area contributed by atoms with E-state index < -0.39 is 11.7 Å². The number of anilines is 1. The highest BCUT2D eigenvalue weighted by Crippen LogP contribution is 2.31. The molecular weight excluding hydrogens is 377 g/mol. The molecule has 29 heavy (non-hydrogen) atoms. The normalized spacial score (nSPS) is 11.9. The van der Waals surface area contributed by atoms with Crippen molar-refractivity contribution in [1.29, 1.82) is 0 Å². The van der Waals surface area contributed by atoms with Crippen LogP contribution in [0.5, 0.6) is 0 Å². The molecule has 3 nitrogen and oxygen atoms in total. The summed E-state index contributed by atoms with van der Waals surface area (Å²) in [7, 11) is 0. The zero-order valence-corrected chi connectivity index (χ0v) is 16.3. The van der Waals surface area contributed by atoms with Crippen LogP contribution >= 0.6 is 0 Å². The molecule has 2 aromatic carbocycles. The third-order valence-corrected chi connectivity index (χ3v) is 4.50. The number of alkyl halides is 3. The van der Waals surface area contributed by atoms with E-state index in [0.29, 0.717) is 22.5 Å². The van der Waals surface area contributed by atoms with Crippen molar-refractivity contribution < 1.29 is 18.0 Å². The van der Waals surface area contributed by atoms with Crippen molar-refractivity contribution in [1.82, 2.24) is 4.98 Å². The summed E-state index contributed by atoms with van der Waals surface area (Å²) < 4.78 is 38.7. The Morgan fingerprint density at radius 2 is 1.59 bits per heavy atom. The highest BCUT2D eigenvalue weighted by molar-refractivity contribution is 6.04. The zero-order valence-electron chi connectivity index (χ0n) is 16.3. The second-order valence-electron chi connectivity index (χ2n) is 7.80. The number of rotatable bonds is 3. The van der Waals surface area contributed by atoms with E-state index in [1.807, 2.05) is 18.2 Å². The van der Waals surface area contributed by atoms with Gasteiger partial charge in [-0.25, -0.2) is 0 Å². The summed E-state index contributed by atoms with van der Waals surface area (Å²) in [4.78, 5) is 16.7. The highest BCUT2D eigenvalue weighted by Gasteiger charge is 2.30. The van der Waals surface area contributed by atoms with Crippen molar-refractivity contribution >= 4 is 11.6 Å². The standard InChI is InChI=1S/C23H21F3N2O/c1-22(2,3)17-7-5-9-19(13-17)28-21(29)16-10-11-20(27-14-16)15-6-4-8-18(12-15)23(24,25)26/h4-14H,1-3H3,(H,28,29). The third kappa shape index (κ3) is 5.02. The molecule has 3 rings (SSSR count). The molecule has 1 heterocycles. The van der Waals surface area contributed by atoms with Crippen molar-refractivity contribution in [2.24, 2.45) is 0 Å². The van der Waals surface area contributed by atoms with Crippen LogP contribution in [0, 0.1) is 0 Å². The van der Waals surface area contributed by atoms with Crippen LogP contribution in [0.4, 0.5) is 18.9 Å². The predicted molar refractivity (Wildman–Crippen MR) is 108 cm³/mol. The number of aromatic nitrogens is 1. The van der Waals surface area contributed by atoms with Gasteiger partial charge in [0.2, 0.25) is 0 Å². The molecule has 0 saturated heterocycles. The predicted octanol–water partition coefficient (Wildman–Crippen LogP) is 6.32. The number of hydrogen-bond acceptors (Lipinski definition) is 2. The van der Waals surface area contributed by atoms with Gasteiger partial charge in [-0.2, -0.15) is 13.2 Å². The van der Waals surface area contributed by atoms with Gasteiger partial charge in [-0.3, -0.25) is 9.78 Å². The maximum atomic E-state index is 12.9. The van der Waals surface area contributed by atoms with E-state index in [-0.39, 0.29) is 11.3 Å². The monoisotopic (exact) mass is 398 g/mol. The lowest BCUT2D eigenvalue weighted by Gasteiger charge is -2.19. The van der Waals surface area contributed by atoms with Gasteiger partial charge in [0.1, 0.15) is 0 Å². The summed E-state index contributed by atoms with van der Waals surface area (Å²) in [5.41, 5.74) is 2.00. The first kappa shape index (κ1) is 20.6. The zero-order chi connectivity index (χ0) is 21.2. The van der Waals surface area contributed by atoms with Crippen molar-refractivity contribution in [3.63, 3.8) is 0 Å². The lowest BCUT2D eigenvalue weighted by atomic mass is 9.87. The molecular formula is C23H21F3N2O. The van der Waals surface area contributed by atoms with Crippen molar-refractivity contribution in [2.75, 3.05) is 5.32 Å². The summed E-state index contributed by atoms with van der Waals surface area (Å²) in [6, 6.07) is 15.6. The van der Waals surface area contributed by atoms with Crippen molar-refractivity contribution in [3.05, 3.63) is 83.6 Å². The summed E-state index contributed by atoms with van der Waals surface area (Å²) in [5.74, 6) is -0.334. The largest absolute Gasteiger partial charge is 0.416 e. The summed E-state index contributed by atoms with van der Waals surface area (Å²) >= 11 is 0. The Balaban J connectivity index is 1.78. The van der Waals surface area contributed by atoms with Crippen LogP contribution in [-0.4, -0.2) is 10.9 Å². The molecule has 0 bridgehead atoms. The molecule has 0 unspecified atom stereocenters. The van der Waals surface area contributed by atoms with E-state index in [1.165, 1.54) is 18.3 Å². The average molecular weight is 398 g/mol. The van der Waals surface area contributed by atoms with Gasteiger partial charge in [0.15, 0.2) is 0 Å². The average Bonchev–Trinajstić information content (AvgIpc) is 2.67. The molecule has 1 aromatic heterocycles. The van der Waals surface area contributed by atoms with Crippen LogP contribution in [0.3, 0.4) is 0 Å². The molecule has 0 saturated carbocycles. The number of nitrogens with zero attached hydrogens (tertiary/aromatic N) is 1. The van der Waals surface area contributed by atoms with E-state index in [0.717, 1.165) is 17.7 Å². The lowest BCUT2D eigenvalue weighted by Crippen LogP contribution is -2.15. The summed E-state index contributed by atoms with van der Waals surface area (Å²) in [6.07, 6.45) is -3.06. The molecule has 0 atom stereocenters. The van der Waals surface area contributed by atoms with Crippen LogP contribution in [0.1, 0.15) is 42.3 Å². The van der Waals surface area contributed by atoms with Gasteiger partial charge < -0.3 is 5.32 Å². The molecule has 0 radical (unpaired) electrons. The number of halogens is 3. The van der Waals surface area contributed by atoms with E-state index >= 15 is 0 Å². The number of carbonyl (C=O) groups excluding carboxylic acids is 1. The SMILES string of the molecule is CC(C)(C)c1cccc(NC(=O)c2ccc(-c3cccc(C(F)(F)F)c3)nc2)c1. The molecule has 0 fully saturated rings. The smallest absolute Gasteiger partial charge is 0.322 e. The lowest BCUT2D eigenvalue weighted by molar-refractivity contribution is -0.137. The Labute approximate surface area is 167 Å². The van der Waals surface area contributed by atoms with Gasteiger partial charge in [-0.05, 0) is 47.4 Å². The third-order valence-electron chi connectivity index (χ3n) is 4.50. The fourth-order valence-corrected chi connectivity index (χ4v) is 2.82. The Morgan fingerprint density at radius 3 is 2.21 bits per heavy atom. The second-order valence-corrected chi connectivity index (χ2v) is 7.80. The number of hydrogen-bond donors (Lipinski definition) is 1. The fraction of sp³-hybridized carbons (Fsp3) is 0.217. The van der Waals surface area contributed by atoms with E-state index in [9.17, 15) is 18.0 Å². The summed E-state index contributed by atoms with van der Waals surface area (Å²) in [5, 5.41) is 2.83. The fourth-order valence-electron chi connectivity index (χ4n) is 2.82. The molecule has 3 aromatic rings. The molecule has 0 aliphatic carbocycles. The van der Waals surface area contributed by atoms with Crippen LogP contribution in [-0.2, 0) is 11.6 Å². The topological polar surface area (TPSA) is 42.0 Å². The molecule has 6 heteroatoms. The number of carbonyl (C=O) groups is 1. The van der Waals surface area contributed by atoms with Crippen LogP contribution in [0.15, 0.2) is 66.9 Å². The number of nitrogens with one attached hydrogen (secondary N) is 1. The Kier molecular flexibility index (Phi) is 5.46. The van der Waals surface area contributed by atoms with Crippen LogP contribution in [0.2, 0.25) is 0 Å². The Bertz CT molecular complexity index is 1020. The van der Waals surface area contributed by atoms with Gasteiger partial charge in [0.05, 0.1) is 16.8 Å². The summed E-state index contributed by atoms with van der Waals surface area (Å²) in [6.45, 7) is 6.26. The first-order valence-electron chi connectivity index (χ1n) is 9.09.